The lowest BCUT2D eigenvalue weighted by molar-refractivity contribution is 0.507. The molecule has 0 rings (SSSR count). The van der Waals surface area contributed by atoms with E-state index in [1.165, 1.54) is 32.5 Å². The Bertz CT molecular complexity index is 110. The average molecular weight is 174 g/mol. The van der Waals surface area contributed by atoms with Crippen LogP contribution in [0.4, 0.5) is 0 Å². The van der Waals surface area contributed by atoms with E-state index < -0.39 is 0 Å². The molecule has 0 radical (unpaired) electrons. The van der Waals surface area contributed by atoms with E-state index in [2.05, 4.69) is 23.7 Å². The Labute approximate surface area is 69.6 Å². The van der Waals surface area contributed by atoms with E-state index in [4.69, 9.17) is 0 Å². The van der Waals surface area contributed by atoms with Crippen molar-refractivity contribution in [3.05, 3.63) is 0 Å². The van der Waals surface area contributed by atoms with Gasteiger partial charge in [0, 0.05) is 39.4 Å². The SMILES string of the molecule is CCN(C[SiH3])C(C)=NC[SiH3]. The van der Waals surface area contributed by atoms with Crippen molar-refractivity contribution in [1.82, 2.24) is 4.90 Å². The third-order valence-corrected chi connectivity index (χ3v) is 2.69. The quantitative estimate of drug-likeness (QED) is 0.285. The summed E-state index contributed by atoms with van der Waals surface area (Å²) in [6, 6.07) is 0. The number of amidine groups is 1. The summed E-state index contributed by atoms with van der Waals surface area (Å²) in [6.07, 6.45) is 2.26. The second-order valence-corrected chi connectivity index (χ2v) is 3.46. The Morgan fingerprint density at radius 2 is 2.10 bits per heavy atom. The molecule has 2 nitrogen and oxygen atoms in total. The molecule has 0 aliphatic heterocycles. The average Bonchev–Trinajstić information content (AvgIpc) is 1.91. The molecule has 0 aromatic heterocycles. The van der Waals surface area contributed by atoms with Gasteiger partial charge in [-0.15, -0.1) is 0 Å². The van der Waals surface area contributed by atoms with Crippen molar-refractivity contribution >= 4 is 26.3 Å². The van der Waals surface area contributed by atoms with Crippen LogP contribution in [0, 0.1) is 0 Å². The lowest BCUT2D eigenvalue weighted by Crippen LogP contribution is -2.30. The first-order valence-corrected chi connectivity index (χ1v) is 6.85. The van der Waals surface area contributed by atoms with Gasteiger partial charge < -0.3 is 4.90 Å². The van der Waals surface area contributed by atoms with Crippen LogP contribution in [0.2, 0.25) is 0 Å². The summed E-state index contributed by atoms with van der Waals surface area (Å²) >= 11 is 0. The number of hydrogen-bond donors (Lipinski definition) is 0. The van der Waals surface area contributed by atoms with E-state index in [-0.39, 0.29) is 0 Å². The molecule has 0 amide bonds. The summed E-state index contributed by atoms with van der Waals surface area (Å²) in [5.74, 6) is 1.23. The van der Waals surface area contributed by atoms with Gasteiger partial charge in [0.2, 0.25) is 0 Å². The minimum Gasteiger partial charge on any atom is -0.365 e. The molecule has 0 aliphatic rings. The minimum absolute atomic E-state index is 1.05. The van der Waals surface area contributed by atoms with Gasteiger partial charge in [-0.25, -0.2) is 0 Å². The Morgan fingerprint density at radius 3 is 2.40 bits per heavy atom. The van der Waals surface area contributed by atoms with Crippen molar-refractivity contribution in [3.8, 4) is 0 Å². The van der Waals surface area contributed by atoms with Gasteiger partial charge in [-0.3, -0.25) is 4.99 Å². The van der Waals surface area contributed by atoms with Gasteiger partial charge in [-0.2, -0.15) is 0 Å². The van der Waals surface area contributed by atoms with Crippen molar-refractivity contribution in [2.45, 2.75) is 13.8 Å². The number of hydrogen-bond acceptors (Lipinski definition) is 1. The van der Waals surface area contributed by atoms with Crippen molar-refractivity contribution in [3.63, 3.8) is 0 Å². The summed E-state index contributed by atoms with van der Waals surface area (Å²) in [4.78, 5) is 6.73. The molecule has 0 bridgehead atoms. The predicted octanol–water partition coefficient (Wildman–Crippen LogP) is -1.63. The highest BCUT2D eigenvalue weighted by molar-refractivity contribution is 6.11. The highest BCUT2D eigenvalue weighted by Crippen LogP contribution is 1.88. The first kappa shape index (κ1) is 9.90. The first-order chi connectivity index (χ1) is 4.76. The normalized spacial score (nSPS) is 12.4. The van der Waals surface area contributed by atoms with Crippen LogP contribution in [0.3, 0.4) is 0 Å². The van der Waals surface area contributed by atoms with Crippen molar-refractivity contribution in [1.29, 1.82) is 0 Å². The lowest BCUT2D eigenvalue weighted by atomic mass is 10.5. The van der Waals surface area contributed by atoms with Crippen LogP contribution in [-0.2, 0) is 0 Å². The molecule has 0 saturated heterocycles. The first-order valence-electron chi connectivity index (χ1n) is 4.02. The van der Waals surface area contributed by atoms with Crippen LogP contribution in [0.1, 0.15) is 13.8 Å². The summed E-state index contributed by atoms with van der Waals surface area (Å²) in [6.45, 7) is 5.41. The third-order valence-electron chi connectivity index (χ3n) is 1.61. The molecule has 0 N–H and O–H groups in total. The Morgan fingerprint density at radius 1 is 1.50 bits per heavy atom. The fraction of sp³-hybridized carbons (Fsp3) is 0.833. The van der Waals surface area contributed by atoms with Gasteiger partial charge in [0.1, 0.15) is 0 Å². The molecule has 60 valence electrons. The van der Waals surface area contributed by atoms with Crippen LogP contribution in [0.15, 0.2) is 4.99 Å². The number of aliphatic imine (C=N–C) groups is 1. The summed E-state index contributed by atoms with van der Waals surface area (Å²) < 4.78 is 0. The van der Waals surface area contributed by atoms with Crippen molar-refractivity contribution < 1.29 is 0 Å². The van der Waals surface area contributed by atoms with Gasteiger partial charge in [0.05, 0.1) is 5.84 Å². The Hall–Kier alpha value is -0.0962. The molecule has 0 spiro atoms. The maximum Gasteiger partial charge on any atom is 0.0950 e. The van der Waals surface area contributed by atoms with Gasteiger partial charge in [-0.1, -0.05) is 0 Å². The van der Waals surface area contributed by atoms with Crippen LogP contribution in [0.25, 0.3) is 0 Å². The van der Waals surface area contributed by atoms with Gasteiger partial charge >= 0.3 is 0 Å². The minimum atomic E-state index is 1.05. The Balaban J connectivity index is 3.87. The maximum absolute atomic E-state index is 4.39. The summed E-state index contributed by atoms with van der Waals surface area (Å²) in [7, 11) is 2.43. The summed E-state index contributed by atoms with van der Waals surface area (Å²) in [5.41, 5.74) is 0. The molecule has 0 aliphatic carbocycles. The van der Waals surface area contributed by atoms with Crippen LogP contribution < -0.4 is 0 Å². The van der Waals surface area contributed by atoms with Gasteiger partial charge in [0.25, 0.3) is 0 Å². The number of rotatable bonds is 3. The fourth-order valence-corrected chi connectivity index (χ4v) is 2.37. The Kier molecular flexibility index (Phi) is 5.62. The smallest absolute Gasteiger partial charge is 0.0950 e. The lowest BCUT2D eigenvalue weighted by Gasteiger charge is -2.19. The van der Waals surface area contributed by atoms with Crippen LogP contribution in [0.5, 0.6) is 0 Å². The van der Waals surface area contributed by atoms with E-state index in [0.29, 0.717) is 0 Å². The fourth-order valence-electron chi connectivity index (χ4n) is 1.01. The molecule has 0 aromatic carbocycles. The molecule has 0 saturated carbocycles. The molecule has 0 fully saturated rings. The molecule has 0 unspecified atom stereocenters. The second-order valence-electron chi connectivity index (χ2n) is 2.19. The van der Waals surface area contributed by atoms with E-state index in [1.807, 2.05) is 0 Å². The highest BCUT2D eigenvalue weighted by Gasteiger charge is 1.97. The zero-order valence-electron chi connectivity index (χ0n) is 7.52. The molecule has 0 aromatic rings. The monoisotopic (exact) mass is 174 g/mol. The summed E-state index contributed by atoms with van der Waals surface area (Å²) in [5, 5.41) is 0. The third kappa shape index (κ3) is 3.17. The van der Waals surface area contributed by atoms with Gasteiger partial charge in [-0.05, 0) is 13.8 Å². The second kappa shape index (κ2) is 5.67. The number of nitrogens with zero attached hydrogens (tertiary/aromatic N) is 2. The molecular weight excluding hydrogens is 156 g/mol. The zero-order valence-corrected chi connectivity index (χ0v) is 11.5. The van der Waals surface area contributed by atoms with E-state index in [0.717, 1.165) is 12.7 Å². The molecule has 0 atom stereocenters. The van der Waals surface area contributed by atoms with Crippen molar-refractivity contribution in [2.24, 2.45) is 4.99 Å². The molecule has 10 heavy (non-hydrogen) atoms. The topological polar surface area (TPSA) is 15.6 Å². The zero-order chi connectivity index (χ0) is 7.98. The van der Waals surface area contributed by atoms with Crippen LogP contribution >= 0.6 is 0 Å². The standard InChI is InChI=1S/C6H18N2Si2/c1-3-8(5-10)6(2)7-4-9/h3-5H2,1-2,9-10H3. The predicted molar refractivity (Wildman–Crippen MR) is 55.1 cm³/mol. The molecule has 4 heteroatoms. The molecule has 0 heterocycles. The van der Waals surface area contributed by atoms with Gasteiger partial charge in [0.15, 0.2) is 0 Å². The maximum atomic E-state index is 4.39. The van der Waals surface area contributed by atoms with E-state index in [9.17, 15) is 0 Å². The molecular formula is C6H18N2Si2. The largest absolute Gasteiger partial charge is 0.365 e. The van der Waals surface area contributed by atoms with Crippen molar-refractivity contribution in [2.75, 3.05) is 18.9 Å². The van der Waals surface area contributed by atoms with Crippen LogP contribution in [-0.4, -0.2) is 50.1 Å². The highest BCUT2D eigenvalue weighted by atomic mass is 28.1. The van der Waals surface area contributed by atoms with E-state index >= 15 is 0 Å². The van der Waals surface area contributed by atoms with E-state index in [1.54, 1.807) is 0 Å².